The largest absolute Gasteiger partial charge is 0.465 e. The van der Waals surface area contributed by atoms with Crippen molar-refractivity contribution in [2.24, 2.45) is 7.05 Å². The number of carbonyl (C=O) groups is 1. The summed E-state index contributed by atoms with van der Waals surface area (Å²) < 4.78 is 6.75. The number of methoxy groups -OCH3 is 1. The molecule has 23 heavy (non-hydrogen) atoms. The Morgan fingerprint density at radius 2 is 1.70 bits per heavy atom. The van der Waals surface area contributed by atoms with Gasteiger partial charge in [0.2, 0.25) is 5.52 Å². The number of esters is 1. The van der Waals surface area contributed by atoms with Crippen molar-refractivity contribution >= 4 is 16.9 Å². The van der Waals surface area contributed by atoms with E-state index in [0.717, 1.165) is 16.5 Å². The summed E-state index contributed by atoms with van der Waals surface area (Å²) in [5, 5.41) is 1.16. The molecule has 0 N–H and O–H groups in total. The molecule has 0 unspecified atom stereocenters. The first-order valence-electron chi connectivity index (χ1n) is 7.26. The maximum atomic E-state index is 11.4. The van der Waals surface area contributed by atoms with E-state index in [-0.39, 0.29) is 5.97 Å². The molecule has 3 aromatic rings. The number of nitrogens with zero attached hydrogens (tertiary/aromatic N) is 1. The number of ether oxygens (including phenoxy) is 1. The van der Waals surface area contributed by atoms with Gasteiger partial charge >= 0.3 is 5.97 Å². The van der Waals surface area contributed by atoms with Gasteiger partial charge in [-0.3, -0.25) is 0 Å². The molecular weight excluding hydrogens is 286 g/mol. The Bertz CT molecular complexity index is 931. The predicted octanol–water partition coefficient (Wildman–Crippen LogP) is 2.85. The highest BCUT2D eigenvalue weighted by molar-refractivity contribution is 5.89. The fourth-order valence-electron chi connectivity index (χ4n) is 2.43. The summed E-state index contributed by atoms with van der Waals surface area (Å²) in [6.45, 7) is 0. The Kier molecular flexibility index (Phi) is 4.07. The number of aromatic nitrogens is 1. The monoisotopic (exact) mass is 302 g/mol. The molecule has 3 rings (SSSR count). The van der Waals surface area contributed by atoms with E-state index in [1.54, 1.807) is 12.1 Å². The van der Waals surface area contributed by atoms with E-state index in [2.05, 4.69) is 39.3 Å². The van der Waals surface area contributed by atoms with E-state index in [1.165, 1.54) is 12.6 Å². The minimum absolute atomic E-state index is 0.342. The number of hydrogen-bond donors (Lipinski definition) is 0. The summed E-state index contributed by atoms with van der Waals surface area (Å²) >= 11 is 0. The number of rotatable bonds is 1. The summed E-state index contributed by atoms with van der Waals surface area (Å²) in [6.07, 6.45) is 2.01. The number of pyridine rings is 1. The molecule has 0 spiro atoms. The van der Waals surface area contributed by atoms with E-state index < -0.39 is 0 Å². The topological polar surface area (TPSA) is 30.2 Å². The van der Waals surface area contributed by atoms with Crippen molar-refractivity contribution in [3.63, 3.8) is 0 Å². The molecule has 1 heterocycles. The molecule has 0 aliphatic rings. The first-order valence-corrected chi connectivity index (χ1v) is 7.26. The summed E-state index contributed by atoms with van der Waals surface area (Å²) in [7, 11) is 3.38. The molecule has 0 radical (unpaired) electrons. The summed E-state index contributed by atoms with van der Waals surface area (Å²) in [5.74, 6) is 5.95. The zero-order valence-corrected chi connectivity index (χ0v) is 13.0. The van der Waals surface area contributed by atoms with Crippen molar-refractivity contribution in [2.45, 2.75) is 0 Å². The fraction of sp³-hybridized carbons (Fsp3) is 0.100. The van der Waals surface area contributed by atoms with Crippen LogP contribution in [0.15, 0.2) is 60.8 Å². The van der Waals surface area contributed by atoms with Crippen LogP contribution in [0.2, 0.25) is 0 Å². The van der Waals surface area contributed by atoms with E-state index in [1.807, 2.05) is 37.5 Å². The van der Waals surface area contributed by atoms with Gasteiger partial charge in [0.1, 0.15) is 7.05 Å². The Morgan fingerprint density at radius 3 is 2.43 bits per heavy atom. The van der Waals surface area contributed by atoms with Crippen molar-refractivity contribution in [1.29, 1.82) is 0 Å². The highest BCUT2D eigenvalue weighted by Crippen LogP contribution is 2.11. The lowest BCUT2D eigenvalue weighted by atomic mass is 10.1. The third-order valence-electron chi connectivity index (χ3n) is 3.62. The zero-order valence-electron chi connectivity index (χ0n) is 13.0. The second-order valence-electron chi connectivity index (χ2n) is 5.22. The average Bonchev–Trinajstić information content (AvgIpc) is 2.60. The van der Waals surface area contributed by atoms with Gasteiger partial charge in [0, 0.05) is 17.0 Å². The first-order chi connectivity index (χ1) is 11.2. The van der Waals surface area contributed by atoms with Crippen LogP contribution >= 0.6 is 0 Å². The molecule has 112 valence electrons. The zero-order chi connectivity index (χ0) is 16.2. The van der Waals surface area contributed by atoms with Crippen LogP contribution in [0.25, 0.3) is 10.9 Å². The van der Waals surface area contributed by atoms with Gasteiger partial charge in [0.15, 0.2) is 6.20 Å². The van der Waals surface area contributed by atoms with Crippen molar-refractivity contribution in [1.82, 2.24) is 0 Å². The average molecular weight is 302 g/mol. The number of fused-ring (bicyclic) bond motifs is 1. The van der Waals surface area contributed by atoms with E-state index in [4.69, 9.17) is 0 Å². The summed E-state index contributed by atoms with van der Waals surface area (Å²) in [5.41, 5.74) is 3.49. The molecule has 0 atom stereocenters. The van der Waals surface area contributed by atoms with Crippen molar-refractivity contribution in [2.75, 3.05) is 7.11 Å². The lowest BCUT2D eigenvalue weighted by Gasteiger charge is -1.98. The Balaban J connectivity index is 1.91. The van der Waals surface area contributed by atoms with Gasteiger partial charge in [-0.25, -0.2) is 4.79 Å². The second-order valence-corrected chi connectivity index (χ2v) is 5.22. The molecule has 1 aromatic heterocycles. The maximum absolute atomic E-state index is 11.4. The molecule has 0 bridgehead atoms. The molecule has 0 aliphatic heterocycles. The van der Waals surface area contributed by atoms with Crippen LogP contribution in [0.1, 0.15) is 21.5 Å². The molecule has 3 nitrogen and oxygen atoms in total. The van der Waals surface area contributed by atoms with Crippen LogP contribution < -0.4 is 4.57 Å². The van der Waals surface area contributed by atoms with Gasteiger partial charge in [-0.05, 0) is 36.4 Å². The van der Waals surface area contributed by atoms with Crippen LogP contribution in [-0.4, -0.2) is 13.1 Å². The van der Waals surface area contributed by atoms with Gasteiger partial charge in [0.25, 0.3) is 0 Å². The highest BCUT2D eigenvalue weighted by Gasteiger charge is 2.06. The lowest BCUT2D eigenvalue weighted by molar-refractivity contribution is -0.645. The Morgan fingerprint density at radius 1 is 1.00 bits per heavy atom. The molecule has 0 fully saturated rings. The summed E-state index contributed by atoms with van der Waals surface area (Å²) in [6, 6.07) is 17.4. The van der Waals surface area contributed by atoms with Crippen LogP contribution in [0.4, 0.5) is 0 Å². The minimum Gasteiger partial charge on any atom is -0.465 e. The number of benzene rings is 2. The van der Waals surface area contributed by atoms with Crippen LogP contribution in [-0.2, 0) is 11.8 Å². The highest BCUT2D eigenvalue weighted by atomic mass is 16.5. The molecule has 0 saturated heterocycles. The third kappa shape index (κ3) is 3.22. The smallest absolute Gasteiger partial charge is 0.337 e. The van der Waals surface area contributed by atoms with Crippen molar-refractivity contribution in [3.8, 4) is 11.8 Å². The normalized spacial score (nSPS) is 10.0. The lowest BCUT2D eigenvalue weighted by Crippen LogP contribution is -2.28. The van der Waals surface area contributed by atoms with Crippen LogP contribution in [0.3, 0.4) is 0 Å². The molecule has 0 saturated carbocycles. The predicted molar refractivity (Wildman–Crippen MR) is 88.9 cm³/mol. The fourth-order valence-corrected chi connectivity index (χ4v) is 2.43. The Hall–Kier alpha value is -3.12. The van der Waals surface area contributed by atoms with E-state index >= 15 is 0 Å². The number of para-hydroxylation sites is 1. The second kappa shape index (κ2) is 6.33. The molecule has 3 heteroatoms. The van der Waals surface area contributed by atoms with E-state index in [9.17, 15) is 4.79 Å². The minimum atomic E-state index is -0.342. The SMILES string of the molecule is COC(=O)c1ccc(C#Cc2cc3ccccc3[n+](C)c2)cc1. The van der Waals surface area contributed by atoms with Crippen LogP contribution in [0.5, 0.6) is 0 Å². The van der Waals surface area contributed by atoms with E-state index in [0.29, 0.717) is 5.56 Å². The summed E-state index contributed by atoms with van der Waals surface area (Å²) in [4.78, 5) is 11.4. The molecule has 0 amide bonds. The van der Waals surface area contributed by atoms with Gasteiger partial charge in [-0.1, -0.05) is 24.0 Å². The molecule has 0 aliphatic carbocycles. The quantitative estimate of drug-likeness (QED) is 0.393. The molecular formula is C20H16NO2+. The number of carbonyl (C=O) groups excluding carboxylic acids is 1. The number of hydrogen-bond acceptors (Lipinski definition) is 2. The maximum Gasteiger partial charge on any atom is 0.337 e. The van der Waals surface area contributed by atoms with Gasteiger partial charge in [-0.2, -0.15) is 4.57 Å². The third-order valence-corrected chi connectivity index (χ3v) is 3.62. The van der Waals surface area contributed by atoms with Gasteiger partial charge < -0.3 is 4.74 Å². The van der Waals surface area contributed by atoms with Crippen molar-refractivity contribution < 1.29 is 14.1 Å². The standard InChI is InChI=1S/C20H16NO2/c1-21-14-16(13-18-5-3-4-6-19(18)21)8-7-15-9-11-17(12-10-15)20(22)23-2/h3-6,9-14H,1-2H3/q+1. The number of aryl methyl sites for hydroxylation is 1. The van der Waals surface area contributed by atoms with Crippen molar-refractivity contribution in [3.05, 3.63) is 77.5 Å². The Labute approximate surface area is 135 Å². The first kappa shape index (κ1) is 14.8. The van der Waals surface area contributed by atoms with Gasteiger partial charge in [-0.15, -0.1) is 0 Å². The molecule has 2 aromatic carbocycles. The van der Waals surface area contributed by atoms with Crippen LogP contribution in [0, 0.1) is 11.8 Å². The van der Waals surface area contributed by atoms with Gasteiger partial charge in [0.05, 0.1) is 18.2 Å².